The maximum absolute atomic E-state index is 8.78. The third-order valence-corrected chi connectivity index (χ3v) is 0.421. The molecule has 0 saturated heterocycles. The van der Waals surface area contributed by atoms with Gasteiger partial charge in [0.15, 0.2) is 0 Å². The van der Waals surface area contributed by atoms with E-state index in [-0.39, 0.29) is 19.4 Å². The molecule has 7 heteroatoms. The molecule has 11 heavy (non-hydrogen) atoms. The van der Waals surface area contributed by atoms with Gasteiger partial charge < -0.3 is 32.3 Å². The minimum absolute atomic E-state index is 0. The Morgan fingerprint density at radius 3 is 1.55 bits per heavy atom. The summed E-state index contributed by atoms with van der Waals surface area (Å²) in [5.41, 5.74) is 4.03. The zero-order chi connectivity index (χ0) is 8.57. The molecule has 0 heterocycles. The Balaban J connectivity index is -0.000000114. The number of carboxylic acid groups (broad SMARTS) is 1. The van der Waals surface area contributed by atoms with Crippen molar-refractivity contribution in [2.75, 3.05) is 13.2 Å². The van der Waals surface area contributed by atoms with Crippen LogP contribution in [-0.4, -0.2) is 45.8 Å². The van der Waals surface area contributed by atoms with Crippen molar-refractivity contribution < 1.29 is 25.2 Å². The summed E-state index contributed by atoms with van der Waals surface area (Å²) in [6.07, 6.45) is -2.29. The minimum Gasteiger partial charge on any atom is -0.465 e. The van der Waals surface area contributed by atoms with Crippen LogP contribution in [0.4, 0.5) is 4.79 Å². The Morgan fingerprint density at radius 2 is 1.55 bits per heavy atom. The Labute approximate surface area is 63.7 Å². The van der Waals surface area contributed by atoms with E-state index in [1.807, 2.05) is 0 Å². The first-order valence-corrected chi connectivity index (χ1v) is 2.42. The van der Waals surface area contributed by atoms with Crippen LogP contribution in [-0.2, 0) is 0 Å². The highest BCUT2D eigenvalue weighted by molar-refractivity contribution is 5.61. The van der Waals surface area contributed by atoms with E-state index in [9.17, 15) is 0 Å². The maximum Gasteiger partial charge on any atom is 0.402 e. The van der Waals surface area contributed by atoms with Gasteiger partial charge in [-0.2, -0.15) is 0 Å². The third-order valence-electron chi connectivity index (χ3n) is 0.421. The van der Waals surface area contributed by atoms with Crippen LogP contribution in [0.2, 0.25) is 0 Å². The largest absolute Gasteiger partial charge is 0.465 e. The lowest BCUT2D eigenvalue weighted by Crippen LogP contribution is -2.15. The number of rotatable bonds is 2. The molecule has 0 aromatic carbocycles. The van der Waals surface area contributed by atoms with Crippen molar-refractivity contribution in [2.24, 2.45) is 5.73 Å². The molecule has 1 amide bonds. The summed E-state index contributed by atoms with van der Waals surface area (Å²) < 4.78 is 0. The van der Waals surface area contributed by atoms with Crippen LogP contribution in [0.15, 0.2) is 0 Å². The molecule has 0 radical (unpaired) electrons. The Bertz CT molecular complexity index is 80.6. The minimum atomic E-state index is -1.33. The highest BCUT2D eigenvalue weighted by Crippen LogP contribution is 1.71. The van der Waals surface area contributed by atoms with Gasteiger partial charge in [-0.25, -0.2) is 4.79 Å². The van der Waals surface area contributed by atoms with E-state index in [1.54, 1.807) is 0 Å². The number of aliphatic hydroxyl groups is 3. The zero-order valence-electron chi connectivity index (χ0n) is 5.97. The van der Waals surface area contributed by atoms with Crippen LogP contribution >= 0.6 is 0 Å². The molecule has 0 aromatic heterocycles. The third kappa shape index (κ3) is 47.6. The van der Waals surface area contributed by atoms with Gasteiger partial charge in [-0.3, -0.25) is 0 Å². The molecule has 0 unspecified atom stereocenters. The summed E-state index contributed by atoms with van der Waals surface area (Å²) in [4.78, 5) is 8.78. The molecule has 7 nitrogen and oxygen atoms in total. The Hall–Kier alpha value is -0.890. The summed E-state index contributed by atoms with van der Waals surface area (Å²) in [6, 6.07) is 0. The SMILES string of the molecule is N.NC(=O)O.OCC(O)CO. The van der Waals surface area contributed by atoms with E-state index in [2.05, 4.69) is 5.73 Å². The molecule has 0 bridgehead atoms. The fourth-order valence-corrected chi connectivity index (χ4v) is 0.0577. The molecular weight excluding hydrogens is 156 g/mol. The fraction of sp³-hybridized carbons (Fsp3) is 0.750. The van der Waals surface area contributed by atoms with Crippen LogP contribution in [0.5, 0.6) is 0 Å². The standard InChI is InChI=1S/C3H8O3.CH3NO2.H3N/c4-1-3(6)2-5;2-1(3)4;/h3-6H,1-2H2;2H2,(H,3,4);1H3. The Kier molecular flexibility index (Phi) is 17.9. The highest BCUT2D eigenvalue weighted by Gasteiger charge is 1.93. The van der Waals surface area contributed by atoms with Gasteiger partial charge in [0.25, 0.3) is 0 Å². The molecule has 0 rings (SSSR count). The predicted octanol–water partition coefficient (Wildman–Crippen LogP) is -1.88. The molecule has 0 saturated carbocycles. The lowest BCUT2D eigenvalue weighted by molar-refractivity contribution is 0.0450. The van der Waals surface area contributed by atoms with Crippen molar-refractivity contribution in [1.29, 1.82) is 0 Å². The molecule has 0 aliphatic heterocycles. The van der Waals surface area contributed by atoms with Gasteiger partial charge in [-0.1, -0.05) is 0 Å². The normalized spacial score (nSPS) is 7.64. The molecule has 70 valence electrons. The molecule has 9 N–H and O–H groups in total. The average molecular weight is 170 g/mol. The predicted molar refractivity (Wildman–Crippen MR) is 37.4 cm³/mol. The van der Waals surface area contributed by atoms with Crippen LogP contribution < -0.4 is 11.9 Å². The number of amides is 1. The smallest absolute Gasteiger partial charge is 0.402 e. The molecule has 0 spiro atoms. The lowest BCUT2D eigenvalue weighted by Gasteiger charge is -1.96. The zero-order valence-corrected chi connectivity index (χ0v) is 5.97. The number of hydrogen-bond acceptors (Lipinski definition) is 5. The first-order valence-electron chi connectivity index (χ1n) is 2.42. The quantitative estimate of drug-likeness (QED) is 0.284. The fourth-order valence-electron chi connectivity index (χ4n) is 0.0577. The number of nitrogens with two attached hydrogens (primary N) is 1. The first-order chi connectivity index (χ1) is 4.54. The number of aliphatic hydroxyl groups excluding tert-OH is 3. The summed E-state index contributed by atoms with van der Waals surface area (Å²) in [5, 5.41) is 31.2. The van der Waals surface area contributed by atoms with E-state index >= 15 is 0 Å². The van der Waals surface area contributed by atoms with Crippen molar-refractivity contribution in [3.8, 4) is 0 Å². The number of primary amides is 1. The molecule has 0 aromatic rings. The van der Waals surface area contributed by atoms with Gasteiger partial charge in [-0.15, -0.1) is 0 Å². The van der Waals surface area contributed by atoms with Crippen LogP contribution in [0.1, 0.15) is 0 Å². The monoisotopic (exact) mass is 170 g/mol. The topological polar surface area (TPSA) is 159 Å². The van der Waals surface area contributed by atoms with Crippen LogP contribution in [0.25, 0.3) is 0 Å². The van der Waals surface area contributed by atoms with E-state index in [1.165, 1.54) is 0 Å². The van der Waals surface area contributed by atoms with Crippen molar-refractivity contribution in [3.05, 3.63) is 0 Å². The summed E-state index contributed by atoms with van der Waals surface area (Å²) in [7, 11) is 0. The second kappa shape index (κ2) is 11.9. The average Bonchev–Trinajstić information content (AvgIpc) is 1.85. The van der Waals surface area contributed by atoms with E-state index in [0.717, 1.165) is 0 Å². The lowest BCUT2D eigenvalue weighted by atomic mass is 10.4. The van der Waals surface area contributed by atoms with Crippen molar-refractivity contribution in [3.63, 3.8) is 0 Å². The molecule has 0 atom stereocenters. The Morgan fingerprint density at radius 1 is 1.36 bits per heavy atom. The van der Waals surface area contributed by atoms with Gasteiger partial charge >= 0.3 is 6.09 Å². The second-order valence-corrected chi connectivity index (χ2v) is 1.36. The number of carbonyl (C=O) groups is 1. The van der Waals surface area contributed by atoms with E-state index in [4.69, 9.17) is 25.2 Å². The molecule has 0 aliphatic rings. The number of hydrogen-bond donors (Lipinski definition) is 6. The second-order valence-electron chi connectivity index (χ2n) is 1.36. The van der Waals surface area contributed by atoms with Gasteiger partial charge in [0.1, 0.15) is 6.10 Å². The van der Waals surface area contributed by atoms with Gasteiger partial charge in [0, 0.05) is 0 Å². The van der Waals surface area contributed by atoms with Crippen molar-refractivity contribution >= 4 is 6.09 Å². The summed E-state index contributed by atoms with van der Waals surface area (Å²) in [6.45, 7) is -0.729. The van der Waals surface area contributed by atoms with Crippen molar-refractivity contribution in [2.45, 2.75) is 6.10 Å². The highest BCUT2D eigenvalue weighted by atomic mass is 16.4. The van der Waals surface area contributed by atoms with Gasteiger partial charge in [-0.05, 0) is 0 Å². The summed E-state index contributed by atoms with van der Waals surface area (Å²) >= 11 is 0. The molecule has 0 fully saturated rings. The molecular formula is C4H14N2O5. The first kappa shape index (κ1) is 16.6. The molecule has 0 aliphatic carbocycles. The van der Waals surface area contributed by atoms with E-state index < -0.39 is 12.2 Å². The van der Waals surface area contributed by atoms with E-state index in [0.29, 0.717) is 0 Å². The summed E-state index contributed by atoms with van der Waals surface area (Å²) in [5.74, 6) is 0. The van der Waals surface area contributed by atoms with Crippen molar-refractivity contribution in [1.82, 2.24) is 6.15 Å². The van der Waals surface area contributed by atoms with Crippen LogP contribution in [0, 0.1) is 0 Å². The van der Waals surface area contributed by atoms with Gasteiger partial charge in [0.2, 0.25) is 0 Å². The van der Waals surface area contributed by atoms with Crippen LogP contribution in [0.3, 0.4) is 0 Å². The maximum atomic E-state index is 8.78. The van der Waals surface area contributed by atoms with Gasteiger partial charge in [0.05, 0.1) is 13.2 Å².